The number of rotatable bonds is 2. The van der Waals surface area contributed by atoms with Gasteiger partial charge in [-0.1, -0.05) is 56.3 Å². The van der Waals surface area contributed by atoms with Crippen LogP contribution >= 0.6 is 0 Å². The molecule has 0 atom stereocenters. The third-order valence-corrected chi connectivity index (χ3v) is 3.41. The molecule has 0 spiro atoms. The molecule has 0 radical (unpaired) electrons. The predicted molar refractivity (Wildman–Crippen MR) is 77.8 cm³/mol. The van der Waals surface area contributed by atoms with Gasteiger partial charge in [0, 0.05) is 17.0 Å². The van der Waals surface area contributed by atoms with Crippen LogP contribution < -0.4 is 0 Å². The summed E-state index contributed by atoms with van der Waals surface area (Å²) in [7, 11) is 0. The summed E-state index contributed by atoms with van der Waals surface area (Å²) in [5, 5.41) is 2.59. The van der Waals surface area contributed by atoms with Crippen molar-refractivity contribution in [3.05, 3.63) is 60.3 Å². The number of aromatic nitrogens is 1. The first-order chi connectivity index (χ1) is 8.75. The van der Waals surface area contributed by atoms with Gasteiger partial charge in [-0.3, -0.25) is 0 Å². The molecule has 1 aromatic heterocycles. The Balaban J connectivity index is 2.18. The van der Waals surface area contributed by atoms with Gasteiger partial charge in [0.05, 0.1) is 0 Å². The zero-order valence-electron chi connectivity index (χ0n) is 10.8. The van der Waals surface area contributed by atoms with Crippen molar-refractivity contribution in [2.75, 3.05) is 0 Å². The zero-order chi connectivity index (χ0) is 12.5. The van der Waals surface area contributed by atoms with Crippen LogP contribution in [0.4, 0.5) is 0 Å². The molecule has 0 fully saturated rings. The normalized spacial score (nSPS) is 11.3. The van der Waals surface area contributed by atoms with Crippen molar-refractivity contribution in [1.29, 1.82) is 0 Å². The molecule has 0 aliphatic carbocycles. The first-order valence-corrected chi connectivity index (χ1v) is 6.43. The van der Waals surface area contributed by atoms with E-state index in [0.717, 1.165) is 0 Å². The maximum atomic E-state index is 3.52. The van der Waals surface area contributed by atoms with Gasteiger partial charge in [-0.2, -0.15) is 0 Å². The van der Waals surface area contributed by atoms with Gasteiger partial charge < -0.3 is 4.98 Å². The quantitative estimate of drug-likeness (QED) is 0.646. The molecule has 0 saturated heterocycles. The Kier molecular flexibility index (Phi) is 2.67. The number of fused-ring (bicyclic) bond motifs is 1. The highest BCUT2D eigenvalue weighted by molar-refractivity contribution is 5.95. The first kappa shape index (κ1) is 11.1. The number of benzene rings is 2. The second kappa shape index (κ2) is 4.34. The fraction of sp³-hybridized carbons (Fsp3) is 0.176. The summed E-state index contributed by atoms with van der Waals surface area (Å²) in [6.07, 6.45) is 0. The van der Waals surface area contributed by atoms with Crippen molar-refractivity contribution < 1.29 is 0 Å². The van der Waals surface area contributed by atoms with Gasteiger partial charge in [0.2, 0.25) is 0 Å². The van der Waals surface area contributed by atoms with Crippen LogP contribution in [0.5, 0.6) is 0 Å². The SMILES string of the molecule is CC(C)c1ccc(-c2cccc3ccccc23)[nH]1. The number of aromatic amines is 1. The highest BCUT2D eigenvalue weighted by Gasteiger charge is 2.07. The van der Waals surface area contributed by atoms with Crippen molar-refractivity contribution in [2.24, 2.45) is 0 Å². The minimum atomic E-state index is 0.536. The van der Waals surface area contributed by atoms with Crippen LogP contribution in [0.1, 0.15) is 25.5 Å². The van der Waals surface area contributed by atoms with E-state index in [1.165, 1.54) is 27.7 Å². The molecule has 0 aliphatic rings. The molecule has 0 unspecified atom stereocenters. The lowest BCUT2D eigenvalue weighted by molar-refractivity contribution is 0.834. The largest absolute Gasteiger partial charge is 0.358 e. The molecular weight excluding hydrogens is 218 g/mol. The predicted octanol–water partition coefficient (Wildman–Crippen LogP) is 4.96. The Labute approximate surface area is 107 Å². The Morgan fingerprint density at radius 2 is 1.61 bits per heavy atom. The maximum Gasteiger partial charge on any atom is 0.0462 e. The molecule has 1 nitrogen and oxygen atoms in total. The summed E-state index contributed by atoms with van der Waals surface area (Å²) in [6.45, 7) is 4.41. The van der Waals surface area contributed by atoms with Crippen LogP contribution in [-0.2, 0) is 0 Å². The van der Waals surface area contributed by atoms with E-state index in [1.807, 2.05) is 0 Å². The van der Waals surface area contributed by atoms with E-state index in [2.05, 4.69) is 73.4 Å². The van der Waals surface area contributed by atoms with E-state index < -0.39 is 0 Å². The van der Waals surface area contributed by atoms with Crippen LogP contribution in [-0.4, -0.2) is 4.98 Å². The van der Waals surface area contributed by atoms with Crippen molar-refractivity contribution in [3.8, 4) is 11.3 Å². The first-order valence-electron chi connectivity index (χ1n) is 6.43. The Morgan fingerprint density at radius 1 is 0.833 bits per heavy atom. The van der Waals surface area contributed by atoms with Crippen molar-refractivity contribution >= 4 is 10.8 Å². The van der Waals surface area contributed by atoms with Gasteiger partial charge in [-0.15, -0.1) is 0 Å². The lowest BCUT2D eigenvalue weighted by Crippen LogP contribution is -1.87. The number of hydrogen-bond donors (Lipinski definition) is 1. The van der Waals surface area contributed by atoms with Gasteiger partial charge in [0.15, 0.2) is 0 Å². The maximum absolute atomic E-state index is 3.52. The summed E-state index contributed by atoms with van der Waals surface area (Å²) in [5.41, 5.74) is 3.77. The van der Waals surface area contributed by atoms with E-state index in [9.17, 15) is 0 Å². The Hall–Kier alpha value is -2.02. The van der Waals surface area contributed by atoms with Gasteiger partial charge in [-0.25, -0.2) is 0 Å². The van der Waals surface area contributed by atoms with Crippen LogP contribution in [0.2, 0.25) is 0 Å². The Morgan fingerprint density at radius 3 is 2.39 bits per heavy atom. The molecule has 0 amide bonds. The smallest absolute Gasteiger partial charge is 0.0462 e. The fourth-order valence-electron chi connectivity index (χ4n) is 2.37. The summed E-state index contributed by atoms with van der Waals surface area (Å²) in [5.74, 6) is 0.536. The average Bonchev–Trinajstić information content (AvgIpc) is 2.87. The zero-order valence-corrected chi connectivity index (χ0v) is 10.8. The lowest BCUT2D eigenvalue weighted by Gasteiger charge is -2.05. The van der Waals surface area contributed by atoms with E-state index >= 15 is 0 Å². The van der Waals surface area contributed by atoms with E-state index in [4.69, 9.17) is 0 Å². The summed E-state index contributed by atoms with van der Waals surface area (Å²) in [4.78, 5) is 3.52. The topological polar surface area (TPSA) is 15.8 Å². The third kappa shape index (κ3) is 1.82. The molecule has 0 bridgehead atoms. The summed E-state index contributed by atoms with van der Waals surface area (Å²) < 4.78 is 0. The molecule has 90 valence electrons. The van der Waals surface area contributed by atoms with Crippen molar-refractivity contribution in [2.45, 2.75) is 19.8 Å². The molecule has 3 aromatic rings. The Bertz CT molecular complexity index is 671. The van der Waals surface area contributed by atoms with E-state index in [-0.39, 0.29) is 0 Å². The van der Waals surface area contributed by atoms with Crippen LogP contribution in [0, 0.1) is 0 Å². The molecule has 1 N–H and O–H groups in total. The molecule has 2 aromatic carbocycles. The minimum absolute atomic E-state index is 0.536. The third-order valence-electron chi connectivity index (χ3n) is 3.41. The molecule has 1 heterocycles. The monoisotopic (exact) mass is 235 g/mol. The van der Waals surface area contributed by atoms with Gasteiger partial charge >= 0.3 is 0 Å². The van der Waals surface area contributed by atoms with E-state index in [1.54, 1.807) is 0 Å². The standard InChI is InChI=1S/C17H17N/c1-12(2)16-10-11-17(18-16)15-9-5-7-13-6-3-4-8-14(13)15/h3-12,18H,1-2H3. The summed E-state index contributed by atoms with van der Waals surface area (Å²) in [6, 6.07) is 19.3. The minimum Gasteiger partial charge on any atom is -0.358 e. The second-order valence-corrected chi connectivity index (χ2v) is 5.01. The van der Waals surface area contributed by atoms with Crippen molar-refractivity contribution in [1.82, 2.24) is 4.98 Å². The van der Waals surface area contributed by atoms with Crippen LogP contribution in [0.15, 0.2) is 54.6 Å². The molecule has 3 rings (SSSR count). The fourth-order valence-corrected chi connectivity index (χ4v) is 2.37. The molecule has 18 heavy (non-hydrogen) atoms. The molecular formula is C17H17N. The van der Waals surface area contributed by atoms with Gasteiger partial charge in [-0.05, 0) is 28.8 Å². The van der Waals surface area contributed by atoms with E-state index in [0.29, 0.717) is 5.92 Å². The number of nitrogens with one attached hydrogen (secondary N) is 1. The average molecular weight is 235 g/mol. The van der Waals surface area contributed by atoms with Crippen molar-refractivity contribution in [3.63, 3.8) is 0 Å². The number of hydrogen-bond acceptors (Lipinski definition) is 0. The highest BCUT2D eigenvalue weighted by Crippen LogP contribution is 2.29. The molecule has 0 aliphatic heterocycles. The second-order valence-electron chi connectivity index (χ2n) is 5.01. The molecule has 0 saturated carbocycles. The summed E-state index contributed by atoms with van der Waals surface area (Å²) >= 11 is 0. The van der Waals surface area contributed by atoms with Gasteiger partial charge in [0.1, 0.15) is 0 Å². The number of H-pyrrole nitrogens is 1. The lowest BCUT2D eigenvalue weighted by atomic mass is 10.0. The molecule has 1 heteroatoms. The van der Waals surface area contributed by atoms with Crippen LogP contribution in [0.25, 0.3) is 22.0 Å². The van der Waals surface area contributed by atoms with Crippen LogP contribution in [0.3, 0.4) is 0 Å². The highest BCUT2D eigenvalue weighted by atomic mass is 14.7. The van der Waals surface area contributed by atoms with Gasteiger partial charge in [0.25, 0.3) is 0 Å².